The summed E-state index contributed by atoms with van der Waals surface area (Å²) in [4.78, 5) is 25.6. The molecule has 0 unspecified atom stereocenters. The van der Waals surface area contributed by atoms with Crippen LogP contribution in [0.15, 0.2) is 88.4 Å². The predicted octanol–water partition coefficient (Wildman–Crippen LogP) is 6.51. The van der Waals surface area contributed by atoms with Gasteiger partial charge in [0.15, 0.2) is 5.13 Å². The Morgan fingerprint density at radius 3 is 2.55 bits per heavy atom. The Kier molecular flexibility index (Phi) is 5.36. The van der Waals surface area contributed by atoms with Crippen molar-refractivity contribution < 1.29 is 4.79 Å². The van der Waals surface area contributed by atoms with Gasteiger partial charge in [-0.3, -0.25) is 4.79 Å². The van der Waals surface area contributed by atoms with Crippen molar-refractivity contribution in [2.75, 3.05) is 11.2 Å². The number of amidine groups is 1. The smallest absolute Gasteiger partial charge is 0.266 e. The fourth-order valence-corrected chi connectivity index (χ4v) is 4.84. The number of rotatable bonds is 4. The summed E-state index contributed by atoms with van der Waals surface area (Å²) in [5, 5.41) is 1.19. The molecule has 2 heterocycles. The van der Waals surface area contributed by atoms with E-state index in [2.05, 4.69) is 4.98 Å². The molecule has 0 aliphatic carbocycles. The molecule has 4 nitrogen and oxygen atoms in total. The van der Waals surface area contributed by atoms with Crippen molar-refractivity contribution in [3.8, 4) is 0 Å². The van der Waals surface area contributed by atoms with Crippen LogP contribution in [-0.4, -0.2) is 23.0 Å². The molecule has 0 atom stereocenters. The monoisotopic (exact) mass is 461 g/mol. The molecule has 3 aromatic carbocycles. The minimum absolute atomic E-state index is 0.196. The van der Waals surface area contributed by atoms with Gasteiger partial charge in [0.05, 0.1) is 10.2 Å². The summed E-state index contributed by atoms with van der Waals surface area (Å²) >= 11 is 9.25. The Labute approximate surface area is 192 Å². The summed E-state index contributed by atoms with van der Waals surface area (Å²) in [5.74, 6) is 0.376. The molecule has 0 fully saturated rings. The lowest BCUT2D eigenvalue weighted by molar-refractivity contribution is -0.113. The standard InChI is InChI=1S/C24H16ClN3OS2/c1-30-18-10-7-15(8-11-18)13-20-23(29)28(22(26-20)16-5-3-2-4-6-16)24-27-19-14-17(25)9-12-21(19)31-24/h2-14H,1H3/b20-13-. The first-order valence-electron chi connectivity index (χ1n) is 9.53. The van der Waals surface area contributed by atoms with E-state index in [1.165, 1.54) is 16.2 Å². The van der Waals surface area contributed by atoms with Crippen LogP contribution in [-0.2, 0) is 4.79 Å². The summed E-state index contributed by atoms with van der Waals surface area (Å²) < 4.78 is 0.963. The van der Waals surface area contributed by atoms with Crippen molar-refractivity contribution in [3.63, 3.8) is 0 Å². The second kappa shape index (κ2) is 8.30. The zero-order valence-corrected chi connectivity index (χ0v) is 18.8. The van der Waals surface area contributed by atoms with Crippen LogP contribution < -0.4 is 4.90 Å². The zero-order valence-electron chi connectivity index (χ0n) is 16.4. The number of carbonyl (C=O) groups excluding carboxylic acids is 1. The number of aromatic nitrogens is 1. The lowest BCUT2D eigenvalue weighted by Crippen LogP contribution is -2.32. The summed E-state index contributed by atoms with van der Waals surface area (Å²) in [6.45, 7) is 0. The number of fused-ring (bicyclic) bond motifs is 1. The van der Waals surface area contributed by atoms with E-state index in [1.54, 1.807) is 22.7 Å². The molecular formula is C24H16ClN3OS2. The van der Waals surface area contributed by atoms with Crippen molar-refractivity contribution in [1.82, 2.24) is 4.98 Å². The molecule has 5 rings (SSSR count). The van der Waals surface area contributed by atoms with Crippen molar-refractivity contribution in [3.05, 3.63) is 94.6 Å². The topological polar surface area (TPSA) is 45.6 Å². The molecule has 0 bridgehead atoms. The van der Waals surface area contributed by atoms with Gasteiger partial charge in [0.25, 0.3) is 5.91 Å². The number of nitrogens with zero attached hydrogens (tertiary/aromatic N) is 3. The quantitative estimate of drug-likeness (QED) is 0.257. The SMILES string of the molecule is CSc1ccc(/C=C2\N=C(c3ccccc3)N(c3nc4cc(Cl)ccc4s3)C2=O)cc1. The first-order chi connectivity index (χ1) is 15.1. The highest BCUT2D eigenvalue weighted by Crippen LogP contribution is 2.35. The number of thioether (sulfide) groups is 1. The zero-order chi connectivity index (χ0) is 21.4. The van der Waals surface area contributed by atoms with E-state index in [9.17, 15) is 4.79 Å². The third kappa shape index (κ3) is 3.90. The van der Waals surface area contributed by atoms with Gasteiger partial charge in [0.1, 0.15) is 11.5 Å². The fraction of sp³-hybridized carbons (Fsp3) is 0.0417. The Morgan fingerprint density at radius 2 is 1.81 bits per heavy atom. The van der Waals surface area contributed by atoms with E-state index < -0.39 is 0 Å². The number of anilines is 1. The van der Waals surface area contributed by atoms with Gasteiger partial charge >= 0.3 is 0 Å². The molecule has 0 spiro atoms. The first kappa shape index (κ1) is 20.0. The van der Waals surface area contributed by atoms with E-state index in [-0.39, 0.29) is 5.91 Å². The lowest BCUT2D eigenvalue weighted by atomic mass is 10.2. The third-order valence-electron chi connectivity index (χ3n) is 4.84. The lowest BCUT2D eigenvalue weighted by Gasteiger charge is -2.14. The second-order valence-corrected chi connectivity index (χ2v) is 9.18. The number of carbonyl (C=O) groups is 1. The number of hydrogen-bond donors (Lipinski definition) is 0. The molecule has 7 heteroatoms. The van der Waals surface area contributed by atoms with Crippen LogP contribution in [0.5, 0.6) is 0 Å². The Hall–Kier alpha value is -2.93. The molecule has 1 aromatic heterocycles. The van der Waals surface area contributed by atoms with E-state index in [0.29, 0.717) is 21.7 Å². The Balaban J connectivity index is 1.61. The van der Waals surface area contributed by atoms with Crippen molar-refractivity contribution >= 4 is 67.9 Å². The molecule has 0 saturated heterocycles. The van der Waals surface area contributed by atoms with Gasteiger partial charge in [-0.15, -0.1) is 11.8 Å². The number of hydrogen-bond acceptors (Lipinski definition) is 5. The van der Waals surface area contributed by atoms with Gasteiger partial charge in [0, 0.05) is 15.5 Å². The van der Waals surface area contributed by atoms with Crippen LogP contribution in [0, 0.1) is 0 Å². The van der Waals surface area contributed by atoms with E-state index in [4.69, 9.17) is 16.6 Å². The van der Waals surface area contributed by atoms with Crippen LogP contribution in [0.3, 0.4) is 0 Å². The van der Waals surface area contributed by atoms with E-state index >= 15 is 0 Å². The molecule has 4 aromatic rings. The Bertz CT molecular complexity index is 1340. The molecule has 0 N–H and O–H groups in total. The van der Waals surface area contributed by atoms with Crippen LogP contribution >= 0.6 is 34.7 Å². The molecule has 0 radical (unpaired) electrons. The summed E-state index contributed by atoms with van der Waals surface area (Å²) in [7, 11) is 0. The van der Waals surface area contributed by atoms with Gasteiger partial charge in [-0.25, -0.2) is 14.9 Å². The highest BCUT2D eigenvalue weighted by molar-refractivity contribution is 7.98. The number of thiazole rings is 1. The van der Waals surface area contributed by atoms with Gasteiger partial charge in [-0.1, -0.05) is 65.4 Å². The van der Waals surface area contributed by atoms with Gasteiger partial charge < -0.3 is 0 Å². The molecule has 31 heavy (non-hydrogen) atoms. The normalized spacial score (nSPS) is 15.2. The average molecular weight is 462 g/mol. The van der Waals surface area contributed by atoms with Crippen LogP contribution in [0.2, 0.25) is 5.02 Å². The maximum absolute atomic E-state index is 13.4. The van der Waals surface area contributed by atoms with Gasteiger partial charge in [-0.05, 0) is 48.2 Å². The van der Waals surface area contributed by atoms with Crippen LogP contribution in [0.25, 0.3) is 16.3 Å². The highest BCUT2D eigenvalue weighted by Gasteiger charge is 2.34. The van der Waals surface area contributed by atoms with Gasteiger partial charge in [0.2, 0.25) is 0 Å². The Morgan fingerprint density at radius 1 is 1.03 bits per heavy atom. The van der Waals surface area contributed by atoms with Crippen molar-refractivity contribution in [2.45, 2.75) is 4.90 Å². The molecule has 1 amide bonds. The number of amides is 1. The minimum atomic E-state index is -0.196. The number of halogens is 1. The van der Waals surface area contributed by atoms with E-state index in [1.807, 2.05) is 79.1 Å². The predicted molar refractivity (Wildman–Crippen MR) is 131 cm³/mol. The molecular weight excluding hydrogens is 446 g/mol. The summed E-state index contributed by atoms with van der Waals surface area (Å²) in [5.41, 5.74) is 2.93. The molecule has 0 saturated carbocycles. The fourth-order valence-electron chi connectivity index (χ4n) is 3.32. The maximum atomic E-state index is 13.4. The second-order valence-electron chi connectivity index (χ2n) is 6.85. The molecule has 152 valence electrons. The van der Waals surface area contributed by atoms with Crippen LogP contribution in [0.1, 0.15) is 11.1 Å². The third-order valence-corrected chi connectivity index (χ3v) is 6.84. The van der Waals surface area contributed by atoms with Crippen molar-refractivity contribution in [1.29, 1.82) is 0 Å². The number of aliphatic imine (C=N–C) groups is 1. The molecule has 1 aliphatic heterocycles. The van der Waals surface area contributed by atoms with E-state index in [0.717, 1.165) is 21.3 Å². The average Bonchev–Trinajstić information content (AvgIpc) is 3.35. The maximum Gasteiger partial charge on any atom is 0.284 e. The molecule has 1 aliphatic rings. The highest BCUT2D eigenvalue weighted by atomic mass is 35.5. The first-order valence-corrected chi connectivity index (χ1v) is 11.9. The minimum Gasteiger partial charge on any atom is -0.266 e. The van der Waals surface area contributed by atoms with Crippen molar-refractivity contribution in [2.24, 2.45) is 4.99 Å². The summed E-state index contributed by atoms with van der Waals surface area (Å²) in [6.07, 6.45) is 3.85. The largest absolute Gasteiger partial charge is 0.284 e. The number of benzene rings is 3. The van der Waals surface area contributed by atoms with Gasteiger partial charge in [-0.2, -0.15) is 0 Å². The van der Waals surface area contributed by atoms with Crippen LogP contribution in [0.4, 0.5) is 5.13 Å². The summed E-state index contributed by atoms with van der Waals surface area (Å²) in [6, 6.07) is 23.3.